The summed E-state index contributed by atoms with van der Waals surface area (Å²) < 4.78 is 5.46. The number of carbonyl (C=O) groups is 2. The molecule has 112 valence electrons. The van der Waals surface area contributed by atoms with E-state index in [0.29, 0.717) is 17.1 Å². The molecule has 6 heteroatoms. The molecule has 2 N–H and O–H groups in total. The molecule has 1 aromatic heterocycles. The maximum absolute atomic E-state index is 11.9. The Morgan fingerprint density at radius 2 is 2.27 bits per heavy atom. The van der Waals surface area contributed by atoms with Crippen LogP contribution in [0.2, 0.25) is 0 Å². The lowest BCUT2D eigenvalue weighted by Gasteiger charge is -2.23. The molecule has 0 aliphatic carbocycles. The summed E-state index contributed by atoms with van der Waals surface area (Å²) in [6, 6.07) is 9.00. The van der Waals surface area contributed by atoms with E-state index < -0.39 is 6.10 Å². The number of benzene rings is 1. The van der Waals surface area contributed by atoms with Crippen molar-refractivity contribution in [1.82, 2.24) is 0 Å². The van der Waals surface area contributed by atoms with Gasteiger partial charge in [-0.3, -0.25) is 9.59 Å². The lowest BCUT2D eigenvalue weighted by Crippen LogP contribution is -2.34. The number of amides is 2. The molecule has 0 radical (unpaired) electrons. The quantitative estimate of drug-likeness (QED) is 0.855. The van der Waals surface area contributed by atoms with Crippen molar-refractivity contribution in [3.63, 3.8) is 0 Å². The van der Waals surface area contributed by atoms with E-state index in [-0.39, 0.29) is 11.8 Å². The highest BCUT2D eigenvalue weighted by Crippen LogP contribution is 2.32. The van der Waals surface area contributed by atoms with E-state index >= 15 is 0 Å². The second kappa shape index (κ2) is 6.03. The second-order valence-electron chi connectivity index (χ2n) is 4.80. The molecule has 2 amide bonds. The van der Waals surface area contributed by atoms with E-state index in [9.17, 15) is 9.59 Å². The number of nitrogens with one attached hydrogen (secondary N) is 2. The number of hydrogen-bond donors (Lipinski definition) is 2. The molecule has 1 aliphatic heterocycles. The monoisotopic (exact) mass is 314 g/mol. The van der Waals surface area contributed by atoms with Crippen molar-refractivity contribution in [3.05, 3.63) is 46.7 Å². The Balaban J connectivity index is 1.70. The van der Waals surface area contributed by atoms with Gasteiger partial charge in [0.25, 0.3) is 5.91 Å². The first-order valence-corrected chi connectivity index (χ1v) is 7.64. The van der Waals surface area contributed by atoms with Crippen LogP contribution in [0.1, 0.15) is 11.8 Å². The summed E-state index contributed by atoms with van der Waals surface area (Å²) in [5, 5.41) is 7.45. The molecule has 5 nitrogen and oxygen atoms in total. The third-order valence-corrected chi connectivity index (χ3v) is 3.96. The van der Waals surface area contributed by atoms with E-state index in [2.05, 4.69) is 10.6 Å². The highest BCUT2D eigenvalue weighted by Gasteiger charge is 2.23. The highest BCUT2D eigenvalue weighted by atomic mass is 32.1. The van der Waals surface area contributed by atoms with Gasteiger partial charge in [-0.1, -0.05) is 6.07 Å². The molecule has 3 rings (SSSR count). The molecule has 0 spiro atoms. The summed E-state index contributed by atoms with van der Waals surface area (Å²) in [5.74, 6) is 0.164. The van der Waals surface area contributed by atoms with Crippen molar-refractivity contribution in [3.8, 4) is 5.75 Å². The molecular weight excluding hydrogens is 300 g/mol. The van der Waals surface area contributed by atoms with Crippen LogP contribution in [-0.4, -0.2) is 17.9 Å². The van der Waals surface area contributed by atoms with Crippen LogP contribution >= 0.6 is 11.3 Å². The Morgan fingerprint density at radius 3 is 3.05 bits per heavy atom. The Labute approximate surface area is 131 Å². The van der Waals surface area contributed by atoms with Crippen molar-refractivity contribution in [2.75, 3.05) is 10.6 Å². The molecule has 0 bridgehead atoms. The maximum Gasteiger partial charge on any atom is 0.265 e. The van der Waals surface area contributed by atoms with Gasteiger partial charge >= 0.3 is 0 Å². The normalized spacial score (nSPS) is 16.8. The third-order valence-electron chi connectivity index (χ3n) is 3.12. The van der Waals surface area contributed by atoms with Gasteiger partial charge in [-0.25, -0.2) is 0 Å². The number of thiophene rings is 1. The lowest BCUT2D eigenvalue weighted by atomic mass is 10.2. The van der Waals surface area contributed by atoms with Crippen molar-refractivity contribution >= 4 is 40.6 Å². The van der Waals surface area contributed by atoms with E-state index in [1.54, 1.807) is 42.5 Å². The molecule has 0 fully saturated rings. The van der Waals surface area contributed by atoms with Crippen LogP contribution in [0.25, 0.3) is 6.08 Å². The second-order valence-corrected chi connectivity index (χ2v) is 5.78. The number of fused-ring (bicyclic) bond motifs is 1. The van der Waals surface area contributed by atoms with Gasteiger partial charge in [-0.15, -0.1) is 11.3 Å². The van der Waals surface area contributed by atoms with Crippen LogP contribution in [0.15, 0.2) is 41.8 Å². The summed E-state index contributed by atoms with van der Waals surface area (Å²) in [4.78, 5) is 24.5. The van der Waals surface area contributed by atoms with E-state index in [0.717, 1.165) is 4.88 Å². The molecule has 0 saturated heterocycles. The zero-order valence-electron chi connectivity index (χ0n) is 11.8. The van der Waals surface area contributed by atoms with Crippen LogP contribution in [0.3, 0.4) is 0 Å². The largest absolute Gasteiger partial charge is 0.479 e. The Bertz CT molecular complexity index is 738. The Hall–Kier alpha value is -2.60. The minimum absolute atomic E-state index is 0.200. The summed E-state index contributed by atoms with van der Waals surface area (Å²) in [5.41, 5.74) is 1.15. The molecule has 1 aromatic carbocycles. The van der Waals surface area contributed by atoms with Gasteiger partial charge in [-0.2, -0.15) is 0 Å². The standard InChI is InChI=1S/C16H14N2O3S/c1-10-16(20)18-13-9-11(4-6-14(13)21-10)17-15(19)7-5-12-3-2-8-22-12/h2-10H,1H3,(H,17,19)(H,18,20)/b7-5+. The first-order valence-electron chi connectivity index (χ1n) is 6.76. The average molecular weight is 314 g/mol. The fraction of sp³-hybridized carbons (Fsp3) is 0.125. The Morgan fingerprint density at radius 1 is 1.41 bits per heavy atom. The first-order chi connectivity index (χ1) is 10.6. The van der Waals surface area contributed by atoms with Crippen LogP contribution < -0.4 is 15.4 Å². The maximum atomic E-state index is 11.9. The predicted octanol–water partition coefficient (Wildman–Crippen LogP) is 3.12. The van der Waals surface area contributed by atoms with Crippen molar-refractivity contribution < 1.29 is 14.3 Å². The van der Waals surface area contributed by atoms with Crippen molar-refractivity contribution in [2.45, 2.75) is 13.0 Å². The number of ether oxygens (including phenoxy) is 1. The van der Waals surface area contributed by atoms with Crippen LogP contribution in [0.5, 0.6) is 5.75 Å². The summed E-state index contributed by atoms with van der Waals surface area (Å²) in [7, 11) is 0. The molecule has 0 saturated carbocycles. The van der Waals surface area contributed by atoms with Gasteiger partial charge in [0, 0.05) is 16.6 Å². The topological polar surface area (TPSA) is 67.4 Å². The van der Waals surface area contributed by atoms with Gasteiger partial charge in [0.05, 0.1) is 5.69 Å². The van der Waals surface area contributed by atoms with Gasteiger partial charge in [0.2, 0.25) is 5.91 Å². The molecule has 1 aliphatic rings. The number of hydrogen-bond acceptors (Lipinski definition) is 4. The first kappa shape index (κ1) is 14.3. The molecule has 2 heterocycles. The summed E-state index contributed by atoms with van der Waals surface area (Å²) in [6.07, 6.45) is 2.72. The average Bonchev–Trinajstić information content (AvgIpc) is 3.00. The van der Waals surface area contributed by atoms with Crippen LogP contribution in [0, 0.1) is 0 Å². The molecule has 1 unspecified atom stereocenters. The third kappa shape index (κ3) is 3.17. The van der Waals surface area contributed by atoms with Gasteiger partial charge in [0.1, 0.15) is 5.75 Å². The molecular formula is C16H14N2O3S. The molecule has 1 atom stereocenters. The van der Waals surface area contributed by atoms with Crippen LogP contribution in [-0.2, 0) is 9.59 Å². The van der Waals surface area contributed by atoms with Crippen LogP contribution in [0.4, 0.5) is 11.4 Å². The minimum Gasteiger partial charge on any atom is -0.479 e. The zero-order chi connectivity index (χ0) is 15.5. The summed E-state index contributed by atoms with van der Waals surface area (Å²) >= 11 is 1.56. The van der Waals surface area contributed by atoms with E-state index in [1.165, 1.54) is 6.08 Å². The van der Waals surface area contributed by atoms with Gasteiger partial charge < -0.3 is 15.4 Å². The minimum atomic E-state index is -0.512. The smallest absolute Gasteiger partial charge is 0.265 e. The summed E-state index contributed by atoms with van der Waals surface area (Å²) in [6.45, 7) is 1.68. The lowest BCUT2D eigenvalue weighted by molar-refractivity contribution is -0.122. The van der Waals surface area contributed by atoms with E-state index in [1.807, 2.05) is 17.5 Å². The number of carbonyl (C=O) groups excluding carboxylic acids is 2. The fourth-order valence-electron chi connectivity index (χ4n) is 2.01. The number of rotatable bonds is 3. The number of anilines is 2. The zero-order valence-corrected chi connectivity index (χ0v) is 12.6. The van der Waals surface area contributed by atoms with Crippen molar-refractivity contribution in [2.24, 2.45) is 0 Å². The predicted molar refractivity (Wildman–Crippen MR) is 87.1 cm³/mol. The molecule has 22 heavy (non-hydrogen) atoms. The Kier molecular flexibility index (Phi) is 3.93. The highest BCUT2D eigenvalue weighted by molar-refractivity contribution is 7.10. The fourth-order valence-corrected chi connectivity index (χ4v) is 2.63. The molecule has 2 aromatic rings. The van der Waals surface area contributed by atoms with Crippen molar-refractivity contribution in [1.29, 1.82) is 0 Å². The SMILES string of the molecule is CC1Oc2ccc(NC(=O)/C=C/c3cccs3)cc2NC1=O. The van der Waals surface area contributed by atoms with Gasteiger partial charge in [-0.05, 0) is 42.6 Å². The van der Waals surface area contributed by atoms with Gasteiger partial charge in [0.15, 0.2) is 6.10 Å². The van der Waals surface area contributed by atoms with E-state index in [4.69, 9.17) is 4.74 Å².